The average molecular weight is 462 g/mol. The van der Waals surface area contributed by atoms with Gasteiger partial charge in [-0.25, -0.2) is 5.48 Å². The molecular weight excluding hydrogens is 422 g/mol. The number of rotatable bonds is 14. The van der Waals surface area contributed by atoms with Crippen LogP contribution in [0, 0.1) is 5.92 Å². The van der Waals surface area contributed by atoms with E-state index in [0.29, 0.717) is 19.5 Å². The topological polar surface area (TPSA) is 126 Å². The predicted molar refractivity (Wildman–Crippen MR) is 128 cm³/mol. The number of amides is 2. The van der Waals surface area contributed by atoms with Crippen LogP contribution in [0.1, 0.15) is 59.3 Å². The lowest BCUT2D eigenvalue weighted by Gasteiger charge is -2.40. The van der Waals surface area contributed by atoms with Crippen molar-refractivity contribution in [1.29, 1.82) is 0 Å². The maximum absolute atomic E-state index is 12.4. The summed E-state index contributed by atoms with van der Waals surface area (Å²) >= 11 is 0. The third-order valence-electron chi connectivity index (χ3n) is 6.06. The molecule has 5 N–H and O–H groups in total. The van der Waals surface area contributed by atoms with Crippen molar-refractivity contribution in [3.05, 3.63) is 36.1 Å². The molecule has 9 heteroatoms. The van der Waals surface area contributed by atoms with Gasteiger partial charge in [-0.05, 0) is 42.6 Å². The number of aliphatic imine (C=N–C) groups is 1. The second-order valence-electron chi connectivity index (χ2n) is 8.93. The van der Waals surface area contributed by atoms with Crippen LogP contribution in [-0.4, -0.2) is 64.3 Å². The van der Waals surface area contributed by atoms with Gasteiger partial charge < -0.3 is 15.3 Å². The molecule has 0 aromatic carbocycles. The summed E-state index contributed by atoms with van der Waals surface area (Å²) < 4.78 is 0. The van der Waals surface area contributed by atoms with Gasteiger partial charge >= 0.3 is 0 Å². The highest BCUT2D eigenvalue weighted by Gasteiger charge is 2.41. The van der Waals surface area contributed by atoms with Crippen molar-refractivity contribution in [1.82, 2.24) is 21.0 Å². The first-order valence-corrected chi connectivity index (χ1v) is 11.9. The number of hydrogen-bond acceptors (Lipinski definition) is 7. The third-order valence-corrected chi connectivity index (χ3v) is 6.06. The van der Waals surface area contributed by atoms with Gasteiger partial charge in [-0.3, -0.25) is 25.1 Å². The number of amidine groups is 1. The molecule has 2 heterocycles. The minimum Gasteiger partial charge on any atom is -0.394 e. The molecule has 0 aromatic rings. The van der Waals surface area contributed by atoms with Gasteiger partial charge in [0, 0.05) is 25.2 Å². The van der Waals surface area contributed by atoms with E-state index in [0.717, 1.165) is 37.1 Å². The van der Waals surface area contributed by atoms with Crippen LogP contribution in [0.25, 0.3) is 0 Å². The summed E-state index contributed by atoms with van der Waals surface area (Å²) in [6.45, 7) is 7.12. The largest absolute Gasteiger partial charge is 0.394 e. The van der Waals surface area contributed by atoms with E-state index in [-0.39, 0.29) is 24.5 Å². The number of nitrogens with one attached hydrogen (secondary N) is 3. The molecule has 0 radical (unpaired) electrons. The molecule has 0 fully saturated rings. The first-order chi connectivity index (χ1) is 15.8. The zero-order valence-corrected chi connectivity index (χ0v) is 20.0. The molecule has 33 heavy (non-hydrogen) atoms. The Labute approximate surface area is 196 Å². The van der Waals surface area contributed by atoms with Gasteiger partial charge in [0.05, 0.1) is 19.2 Å². The number of unbranched alkanes of at least 4 members (excludes halogenated alkanes) is 3. The highest BCUT2D eigenvalue weighted by Crippen LogP contribution is 2.30. The van der Waals surface area contributed by atoms with Gasteiger partial charge in [0.15, 0.2) is 0 Å². The van der Waals surface area contributed by atoms with E-state index >= 15 is 0 Å². The number of hydrogen-bond donors (Lipinski definition) is 5. The number of nitrogens with zero attached hydrogens (tertiary/aromatic N) is 2. The zero-order valence-electron chi connectivity index (χ0n) is 20.0. The fourth-order valence-electron chi connectivity index (χ4n) is 3.97. The van der Waals surface area contributed by atoms with Gasteiger partial charge in [0.25, 0.3) is 5.91 Å². The maximum atomic E-state index is 12.4. The monoisotopic (exact) mass is 461 g/mol. The van der Waals surface area contributed by atoms with Crippen LogP contribution in [0.5, 0.6) is 0 Å². The lowest BCUT2D eigenvalue weighted by Crippen LogP contribution is -2.58. The molecule has 2 aliphatic rings. The minimum absolute atomic E-state index is 0.0724. The Kier molecular flexibility index (Phi) is 10.8. The van der Waals surface area contributed by atoms with Gasteiger partial charge in [0.2, 0.25) is 5.91 Å². The van der Waals surface area contributed by atoms with Gasteiger partial charge in [-0.15, -0.1) is 0 Å². The van der Waals surface area contributed by atoms with E-state index in [1.165, 1.54) is 12.5 Å². The van der Waals surface area contributed by atoms with Crippen LogP contribution in [0.4, 0.5) is 0 Å². The normalized spacial score (nSPS) is 20.6. The van der Waals surface area contributed by atoms with Crippen LogP contribution in [0.3, 0.4) is 0 Å². The molecule has 0 saturated heterocycles. The molecule has 0 aromatic heterocycles. The number of fused-ring (bicyclic) bond motifs is 1. The molecule has 2 amide bonds. The Morgan fingerprint density at radius 1 is 1.30 bits per heavy atom. The molecule has 2 aliphatic heterocycles. The smallest absolute Gasteiger partial charge is 0.267 e. The van der Waals surface area contributed by atoms with Crippen molar-refractivity contribution in [2.75, 3.05) is 19.7 Å². The molecule has 2 rings (SSSR count). The zero-order chi connectivity index (χ0) is 24.3. The van der Waals surface area contributed by atoms with Gasteiger partial charge in [-0.2, -0.15) is 0 Å². The fraction of sp³-hybridized carbons (Fsp3) is 0.625. The van der Waals surface area contributed by atoms with E-state index < -0.39 is 11.6 Å². The molecule has 2 unspecified atom stereocenters. The average Bonchev–Trinajstić information content (AvgIpc) is 3.16. The fourth-order valence-corrected chi connectivity index (χ4v) is 3.97. The van der Waals surface area contributed by atoms with Crippen LogP contribution in [0.15, 0.2) is 41.1 Å². The van der Waals surface area contributed by atoms with Gasteiger partial charge in [-0.1, -0.05) is 40.0 Å². The molecule has 184 valence electrons. The molecule has 2 atom stereocenters. The van der Waals surface area contributed by atoms with Crippen molar-refractivity contribution in [2.45, 2.75) is 71.0 Å². The van der Waals surface area contributed by atoms with E-state index in [4.69, 9.17) is 10.2 Å². The third kappa shape index (κ3) is 7.80. The number of hydroxylamine groups is 1. The van der Waals surface area contributed by atoms with Crippen molar-refractivity contribution in [3.8, 4) is 0 Å². The summed E-state index contributed by atoms with van der Waals surface area (Å²) in [6.07, 6.45) is 14.4. The van der Waals surface area contributed by atoms with E-state index in [1.54, 1.807) is 11.6 Å². The SMILES string of the molecule is CCCCCCC1(NCCC(=O)NC(CO)C(C)C)CN=C2C=C(C=CC(=O)NO)C=CN21. The molecule has 0 spiro atoms. The highest BCUT2D eigenvalue weighted by atomic mass is 16.5. The lowest BCUT2D eigenvalue weighted by atomic mass is 9.98. The van der Waals surface area contributed by atoms with Crippen LogP contribution in [0.2, 0.25) is 0 Å². The predicted octanol–water partition coefficient (Wildman–Crippen LogP) is 2.00. The first-order valence-electron chi connectivity index (χ1n) is 11.9. The van der Waals surface area contributed by atoms with Crippen LogP contribution in [-0.2, 0) is 9.59 Å². The Morgan fingerprint density at radius 2 is 2.09 bits per heavy atom. The van der Waals surface area contributed by atoms with E-state index in [2.05, 4.69) is 22.5 Å². The number of allylic oxidation sites excluding steroid dienone is 3. The molecular formula is C24H39N5O4. The quantitative estimate of drug-likeness (QED) is 0.117. The van der Waals surface area contributed by atoms with Crippen molar-refractivity contribution in [3.63, 3.8) is 0 Å². The van der Waals surface area contributed by atoms with Crippen LogP contribution >= 0.6 is 0 Å². The van der Waals surface area contributed by atoms with Crippen molar-refractivity contribution in [2.24, 2.45) is 10.9 Å². The maximum Gasteiger partial charge on any atom is 0.267 e. The van der Waals surface area contributed by atoms with Gasteiger partial charge in [0.1, 0.15) is 11.5 Å². The van der Waals surface area contributed by atoms with E-state index in [9.17, 15) is 14.7 Å². The summed E-state index contributed by atoms with van der Waals surface area (Å²) in [5, 5.41) is 24.6. The van der Waals surface area contributed by atoms with Crippen molar-refractivity contribution >= 4 is 17.6 Å². The molecule has 0 bridgehead atoms. The second-order valence-corrected chi connectivity index (χ2v) is 8.93. The Hall–Kier alpha value is -2.49. The number of aliphatic hydroxyl groups excluding tert-OH is 1. The molecule has 0 aliphatic carbocycles. The lowest BCUT2D eigenvalue weighted by molar-refractivity contribution is -0.124. The number of carbonyl (C=O) groups is 2. The highest BCUT2D eigenvalue weighted by molar-refractivity contribution is 5.98. The Bertz CT molecular complexity index is 790. The minimum atomic E-state index is -0.591. The van der Waals surface area contributed by atoms with Crippen molar-refractivity contribution < 1.29 is 19.9 Å². The summed E-state index contributed by atoms with van der Waals surface area (Å²) in [5.41, 5.74) is 1.98. The number of carbonyl (C=O) groups excluding carboxylic acids is 2. The standard InChI is InChI=1S/C24H39N5O4/c1-4-5-6-7-12-24(26-13-10-22(31)27-20(16-30)18(2)3)17-25-21-15-19(11-14-29(21)24)8-9-23(32)28-33/h8-9,11,14-15,18,20,26,30,33H,4-7,10,12-13,16-17H2,1-3H3,(H,27,31)(H,28,32). The first kappa shape index (κ1) is 26.8. The Morgan fingerprint density at radius 3 is 2.76 bits per heavy atom. The second kappa shape index (κ2) is 13.3. The van der Waals surface area contributed by atoms with E-state index in [1.807, 2.05) is 32.2 Å². The Balaban J connectivity index is 2.03. The molecule has 0 saturated carbocycles. The molecule has 9 nitrogen and oxygen atoms in total. The summed E-state index contributed by atoms with van der Waals surface area (Å²) in [6, 6.07) is -0.239. The summed E-state index contributed by atoms with van der Waals surface area (Å²) in [4.78, 5) is 30.5. The summed E-state index contributed by atoms with van der Waals surface area (Å²) in [5.74, 6) is 0.291. The summed E-state index contributed by atoms with van der Waals surface area (Å²) in [7, 11) is 0. The van der Waals surface area contributed by atoms with Crippen LogP contribution < -0.4 is 16.1 Å². The number of aliphatic hydroxyl groups is 1.